The second kappa shape index (κ2) is 11.6. The Morgan fingerprint density at radius 3 is 2.36 bits per heavy atom. The molecule has 3 fully saturated rings. The highest BCUT2D eigenvalue weighted by molar-refractivity contribution is 7.80. The summed E-state index contributed by atoms with van der Waals surface area (Å²) >= 11 is 5.65. The van der Waals surface area contributed by atoms with Crippen molar-refractivity contribution in [3.8, 4) is 0 Å². The van der Waals surface area contributed by atoms with Gasteiger partial charge in [0.2, 0.25) is 5.95 Å². The van der Waals surface area contributed by atoms with Gasteiger partial charge in [0.15, 0.2) is 5.11 Å². The van der Waals surface area contributed by atoms with Crippen LogP contribution in [-0.4, -0.2) is 53.8 Å². The minimum absolute atomic E-state index is 0.489. The van der Waals surface area contributed by atoms with Crippen LogP contribution in [0.15, 0.2) is 30.3 Å². The Hall–Kier alpha value is -2.61. The van der Waals surface area contributed by atoms with Gasteiger partial charge in [-0.15, -0.1) is 0 Å². The smallest absolute Gasteiger partial charge is 0.232 e. The quantitative estimate of drug-likeness (QED) is 0.519. The van der Waals surface area contributed by atoms with Gasteiger partial charge in [-0.3, -0.25) is 0 Å². The highest BCUT2D eigenvalue weighted by Gasteiger charge is 2.24. The number of thiocarbonyl (C=S) groups is 1. The SMILES string of the molecule is C[C@H]1CCCN(c2cc(N3CCCC[C@@H]3C)nc(NC(=S)NCc3ccc(N4CCCC4)cc3)n2)C1. The Bertz CT molecular complexity index is 1020. The number of nitrogens with zero attached hydrogens (tertiary/aromatic N) is 5. The molecule has 0 unspecified atom stereocenters. The molecule has 0 bridgehead atoms. The lowest BCUT2D eigenvalue weighted by Crippen LogP contribution is -2.39. The molecule has 1 aromatic carbocycles. The Morgan fingerprint density at radius 1 is 0.889 bits per heavy atom. The van der Waals surface area contributed by atoms with Crippen LogP contribution in [0, 0.1) is 5.92 Å². The summed E-state index contributed by atoms with van der Waals surface area (Å²) in [5.74, 6) is 3.28. The van der Waals surface area contributed by atoms with Gasteiger partial charge in [-0.2, -0.15) is 9.97 Å². The summed E-state index contributed by atoms with van der Waals surface area (Å²) < 4.78 is 0. The third-order valence-electron chi connectivity index (χ3n) is 7.86. The van der Waals surface area contributed by atoms with Crippen molar-refractivity contribution >= 4 is 40.6 Å². The number of benzene rings is 1. The minimum atomic E-state index is 0.489. The van der Waals surface area contributed by atoms with Crippen LogP contribution in [0.3, 0.4) is 0 Å². The Labute approximate surface area is 221 Å². The molecule has 0 aliphatic carbocycles. The van der Waals surface area contributed by atoms with Gasteiger partial charge in [-0.1, -0.05) is 19.1 Å². The molecule has 0 saturated carbocycles. The molecule has 0 amide bonds. The molecule has 1 aromatic heterocycles. The standard InChI is InChI=1S/C28H41N7S/c1-21-8-7-16-34(20-21)25-18-26(35-17-4-3-9-22(35)2)31-27(30-25)32-28(36)29-19-23-10-12-24(13-11-23)33-14-5-6-15-33/h10-13,18,21-22H,3-9,14-17,19-20H2,1-2H3,(H2,29,30,31,32,36)/t21-,22-/m0/s1. The van der Waals surface area contributed by atoms with Crippen molar-refractivity contribution in [2.24, 2.45) is 5.92 Å². The average molecular weight is 508 g/mol. The molecular formula is C28H41N7S. The maximum absolute atomic E-state index is 5.65. The first-order chi connectivity index (χ1) is 17.5. The first-order valence-corrected chi connectivity index (χ1v) is 14.3. The van der Waals surface area contributed by atoms with E-state index in [1.165, 1.54) is 69.3 Å². The lowest BCUT2D eigenvalue weighted by molar-refractivity contribution is 0.444. The average Bonchev–Trinajstić information content (AvgIpc) is 3.43. The zero-order valence-electron chi connectivity index (χ0n) is 21.9. The molecular weight excluding hydrogens is 466 g/mol. The fourth-order valence-corrected chi connectivity index (χ4v) is 5.91. The summed E-state index contributed by atoms with van der Waals surface area (Å²) in [7, 11) is 0. The van der Waals surface area contributed by atoms with Crippen molar-refractivity contribution < 1.29 is 0 Å². The third-order valence-corrected chi connectivity index (χ3v) is 8.11. The molecule has 5 rings (SSSR count). The van der Waals surface area contributed by atoms with Crippen molar-refractivity contribution in [1.82, 2.24) is 15.3 Å². The molecule has 8 heteroatoms. The number of piperidine rings is 2. The predicted molar refractivity (Wildman–Crippen MR) is 154 cm³/mol. The van der Waals surface area contributed by atoms with Crippen LogP contribution >= 0.6 is 12.2 Å². The molecule has 7 nitrogen and oxygen atoms in total. The summed E-state index contributed by atoms with van der Waals surface area (Å²) in [6, 6.07) is 11.5. The highest BCUT2D eigenvalue weighted by atomic mass is 32.1. The number of rotatable bonds is 6. The van der Waals surface area contributed by atoms with Crippen molar-refractivity contribution in [2.45, 2.75) is 71.4 Å². The molecule has 36 heavy (non-hydrogen) atoms. The molecule has 2 aromatic rings. The molecule has 3 aliphatic heterocycles. The highest BCUT2D eigenvalue weighted by Crippen LogP contribution is 2.29. The van der Waals surface area contributed by atoms with Crippen LogP contribution in [0.25, 0.3) is 0 Å². The van der Waals surface area contributed by atoms with E-state index < -0.39 is 0 Å². The Kier molecular flexibility index (Phi) is 8.09. The lowest BCUT2D eigenvalue weighted by Gasteiger charge is -2.36. The number of nitrogens with one attached hydrogen (secondary N) is 2. The van der Waals surface area contributed by atoms with Crippen LogP contribution < -0.4 is 25.3 Å². The fraction of sp³-hybridized carbons (Fsp3) is 0.607. The van der Waals surface area contributed by atoms with E-state index >= 15 is 0 Å². The van der Waals surface area contributed by atoms with Gasteiger partial charge in [0.25, 0.3) is 0 Å². The van der Waals surface area contributed by atoms with Crippen molar-refractivity contribution in [1.29, 1.82) is 0 Å². The van der Waals surface area contributed by atoms with E-state index in [0.717, 1.165) is 31.3 Å². The monoisotopic (exact) mass is 507 g/mol. The largest absolute Gasteiger partial charge is 0.372 e. The lowest BCUT2D eigenvalue weighted by atomic mass is 10.0. The van der Waals surface area contributed by atoms with Crippen LogP contribution in [0.2, 0.25) is 0 Å². The Balaban J connectivity index is 1.26. The molecule has 2 N–H and O–H groups in total. The summed E-state index contributed by atoms with van der Waals surface area (Å²) in [4.78, 5) is 17.1. The zero-order chi connectivity index (χ0) is 24.9. The number of hydrogen-bond acceptors (Lipinski definition) is 6. The van der Waals surface area contributed by atoms with Crippen LogP contribution in [0.5, 0.6) is 0 Å². The number of hydrogen-bond donors (Lipinski definition) is 2. The zero-order valence-corrected chi connectivity index (χ0v) is 22.7. The van der Waals surface area contributed by atoms with Gasteiger partial charge in [0, 0.05) is 57.1 Å². The second-order valence-corrected chi connectivity index (χ2v) is 11.2. The molecule has 2 atom stereocenters. The van der Waals surface area contributed by atoms with Crippen molar-refractivity contribution in [3.63, 3.8) is 0 Å². The van der Waals surface area contributed by atoms with Gasteiger partial charge in [0.05, 0.1) is 0 Å². The van der Waals surface area contributed by atoms with E-state index in [1.54, 1.807) is 0 Å². The first-order valence-electron chi connectivity index (χ1n) is 13.8. The fourth-order valence-electron chi connectivity index (χ4n) is 5.75. The van der Waals surface area contributed by atoms with E-state index in [0.29, 0.717) is 29.6 Å². The summed E-state index contributed by atoms with van der Waals surface area (Å²) in [6.45, 7) is 10.8. The van der Waals surface area contributed by atoms with E-state index in [9.17, 15) is 0 Å². The number of aromatic nitrogens is 2. The maximum atomic E-state index is 5.65. The van der Waals surface area contributed by atoms with E-state index in [1.807, 2.05) is 0 Å². The second-order valence-electron chi connectivity index (χ2n) is 10.8. The molecule has 0 radical (unpaired) electrons. The molecule has 194 valence electrons. The molecule has 4 heterocycles. The van der Waals surface area contributed by atoms with E-state index in [2.05, 4.69) is 69.5 Å². The third kappa shape index (κ3) is 6.20. The van der Waals surface area contributed by atoms with Crippen molar-refractivity contribution in [2.75, 3.05) is 52.7 Å². The molecule has 0 spiro atoms. The topological polar surface area (TPSA) is 59.6 Å². The van der Waals surface area contributed by atoms with Gasteiger partial charge in [0.1, 0.15) is 11.6 Å². The van der Waals surface area contributed by atoms with Crippen molar-refractivity contribution in [3.05, 3.63) is 35.9 Å². The van der Waals surface area contributed by atoms with Crippen LogP contribution in [-0.2, 0) is 6.54 Å². The molecule has 3 aliphatic rings. The summed E-state index contributed by atoms with van der Waals surface area (Å²) in [5.41, 5.74) is 2.52. The molecule has 3 saturated heterocycles. The van der Waals surface area contributed by atoms with Gasteiger partial charge >= 0.3 is 0 Å². The van der Waals surface area contributed by atoms with Crippen LogP contribution in [0.1, 0.15) is 64.4 Å². The van der Waals surface area contributed by atoms with Gasteiger partial charge in [-0.25, -0.2) is 0 Å². The maximum Gasteiger partial charge on any atom is 0.232 e. The Morgan fingerprint density at radius 2 is 1.61 bits per heavy atom. The minimum Gasteiger partial charge on any atom is -0.372 e. The number of anilines is 4. The van der Waals surface area contributed by atoms with E-state index in [-0.39, 0.29) is 0 Å². The van der Waals surface area contributed by atoms with E-state index in [4.69, 9.17) is 22.2 Å². The normalized spacial score (nSPS) is 22.6. The first kappa shape index (κ1) is 25.1. The predicted octanol–water partition coefficient (Wildman–Crippen LogP) is 5.18. The summed E-state index contributed by atoms with van der Waals surface area (Å²) in [5, 5.41) is 7.20. The van der Waals surface area contributed by atoms with Gasteiger partial charge in [-0.05, 0) is 87.7 Å². The van der Waals surface area contributed by atoms with Crippen LogP contribution in [0.4, 0.5) is 23.3 Å². The van der Waals surface area contributed by atoms with Gasteiger partial charge < -0.3 is 25.3 Å². The summed E-state index contributed by atoms with van der Waals surface area (Å²) in [6.07, 6.45) is 8.79.